The minimum Gasteiger partial charge on any atom is -0.389 e. The normalized spacial score (nSPS) is 10.3. The summed E-state index contributed by atoms with van der Waals surface area (Å²) in [5.74, 6) is -0.750. The van der Waals surface area contributed by atoms with Crippen molar-refractivity contribution in [3.8, 4) is 0 Å². The summed E-state index contributed by atoms with van der Waals surface area (Å²) in [5, 5.41) is 2.63. The molecule has 3 N–H and O–H groups in total. The van der Waals surface area contributed by atoms with Crippen molar-refractivity contribution in [1.82, 2.24) is 5.32 Å². The van der Waals surface area contributed by atoms with E-state index in [2.05, 4.69) is 5.32 Å². The molecule has 1 amide bonds. The van der Waals surface area contributed by atoms with Gasteiger partial charge in [0, 0.05) is 17.7 Å². The molecule has 20 heavy (non-hydrogen) atoms. The summed E-state index contributed by atoms with van der Waals surface area (Å²) in [4.78, 5) is 12.4. The maximum Gasteiger partial charge on any atom is 0.261 e. The number of hydrogen-bond donors (Lipinski definition) is 2. The lowest BCUT2D eigenvalue weighted by molar-refractivity contribution is 0.0954. The van der Waals surface area contributed by atoms with Crippen molar-refractivity contribution >= 4 is 46.1 Å². The van der Waals surface area contributed by atoms with Crippen molar-refractivity contribution in [2.75, 3.05) is 0 Å². The van der Waals surface area contributed by atoms with Crippen molar-refractivity contribution in [3.63, 3.8) is 0 Å². The summed E-state index contributed by atoms with van der Waals surface area (Å²) in [6, 6.07) is 7.68. The first kappa shape index (κ1) is 14.9. The number of thiocarbonyl (C=S) groups is 1. The van der Waals surface area contributed by atoms with Gasteiger partial charge in [-0.2, -0.15) is 0 Å². The number of hydrogen-bond acceptors (Lipinski definition) is 3. The summed E-state index contributed by atoms with van der Waals surface area (Å²) < 4.78 is 14.3. The fraction of sp³-hybridized carbons (Fsp3) is 0.0769. The summed E-state index contributed by atoms with van der Waals surface area (Å²) >= 11 is 11.7. The minimum absolute atomic E-state index is 0.0811. The Morgan fingerprint density at radius 1 is 1.40 bits per heavy atom. The zero-order valence-electron chi connectivity index (χ0n) is 10.2. The van der Waals surface area contributed by atoms with E-state index in [1.165, 1.54) is 17.4 Å². The molecule has 0 spiro atoms. The lowest BCUT2D eigenvalue weighted by Crippen LogP contribution is -2.22. The molecule has 0 aliphatic carbocycles. The van der Waals surface area contributed by atoms with Crippen molar-refractivity contribution in [1.29, 1.82) is 0 Å². The van der Waals surface area contributed by atoms with Gasteiger partial charge >= 0.3 is 0 Å². The number of benzene rings is 1. The predicted molar refractivity (Wildman–Crippen MR) is 82.8 cm³/mol. The van der Waals surface area contributed by atoms with Gasteiger partial charge in [-0.3, -0.25) is 4.79 Å². The van der Waals surface area contributed by atoms with E-state index in [9.17, 15) is 9.18 Å². The fourth-order valence-corrected chi connectivity index (χ4v) is 2.63. The van der Waals surface area contributed by atoms with Gasteiger partial charge in [-0.1, -0.05) is 36.0 Å². The van der Waals surface area contributed by atoms with Crippen LogP contribution in [0.1, 0.15) is 20.8 Å². The van der Waals surface area contributed by atoms with E-state index >= 15 is 0 Å². The lowest BCUT2D eigenvalue weighted by Gasteiger charge is -2.06. The van der Waals surface area contributed by atoms with Crippen LogP contribution in [0.3, 0.4) is 0 Å². The number of nitrogens with two attached hydrogens (primary N) is 1. The molecular weight excluding hydrogens is 319 g/mol. The van der Waals surface area contributed by atoms with Gasteiger partial charge in [0.2, 0.25) is 0 Å². The number of nitrogens with one attached hydrogen (secondary N) is 1. The molecule has 104 valence electrons. The molecule has 0 saturated heterocycles. The molecule has 0 aliphatic rings. The molecule has 3 nitrogen and oxygen atoms in total. The molecule has 0 saturated carbocycles. The van der Waals surface area contributed by atoms with Crippen LogP contribution in [0.15, 0.2) is 30.3 Å². The largest absolute Gasteiger partial charge is 0.389 e. The number of rotatable bonds is 4. The van der Waals surface area contributed by atoms with Gasteiger partial charge in [0.15, 0.2) is 0 Å². The number of carbonyl (C=O) groups excluding carboxylic acids is 1. The molecule has 0 bridgehead atoms. The standard InChI is InChI=1S/C13H10ClFN2OS2/c14-11-4-3-10(20-11)13(18)17-6-8-2-1-7(12(16)19)5-9(8)15/h1-5H,6H2,(H2,16,19)(H,17,18). The highest BCUT2D eigenvalue weighted by Gasteiger charge is 2.10. The Kier molecular flexibility index (Phi) is 4.69. The van der Waals surface area contributed by atoms with Crippen LogP contribution in [0.5, 0.6) is 0 Å². The number of carbonyl (C=O) groups is 1. The average Bonchev–Trinajstić information content (AvgIpc) is 2.83. The van der Waals surface area contributed by atoms with Crippen LogP contribution in [0, 0.1) is 5.82 Å². The third kappa shape index (κ3) is 3.53. The average molecular weight is 329 g/mol. The quantitative estimate of drug-likeness (QED) is 0.848. The minimum atomic E-state index is -0.459. The van der Waals surface area contributed by atoms with Gasteiger partial charge in [0.05, 0.1) is 9.21 Å². The topological polar surface area (TPSA) is 55.1 Å². The van der Waals surface area contributed by atoms with Gasteiger partial charge < -0.3 is 11.1 Å². The molecule has 0 radical (unpaired) electrons. The number of halogens is 2. The molecule has 0 atom stereocenters. The fourth-order valence-electron chi connectivity index (χ4n) is 1.54. The highest BCUT2D eigenvalue weighted by molar-refractivity contribution is 7.80. The third-order valence-electron chi connectivity index (χ3n) is 2.57. The van der Waals surface area contributed by atoms with Crippen LogP contribution >= 0.6 is 35.2 Å². The Balaban J connectivity index is 2.04. The van der Waals surface area contributed by atoms with Gasteiger partial charge in [0.25, 0.3) is 5.91 Å². The van der Waals surface area contributed by atoms with Crippen molar-refractivity contribution in [2.45, 2.75) is 6.54 Å². The Morgan fingerprint density at radius 3 is 2.70 bits per heavy atom. The van der Waals surface area contributed by atoms with Gasteiger partial charge in [-0.15, -0.1) is 11.3 Å². The van der Waals surface area contributed by atoms with Gasteiger partial charge in [-0.25, -0.2) is 4.39 Å². The first-order valence-corrected chi connectivity index (χ1v) is 7.19. The summed E-state index contributed by atoms with van der Waals surface area (Å²) in [5.41, 5.74) is 6.24. The molecule has 0 aliphatic heterocycles. The third-order valence-corrected chi connectivity index (χ3v) is 4.04. The molecule has 1 aromatic heterocycles. The molecule has 7 heteroatoms. The van der Waals surface area contributed by atoms with E-state index in [0.717, 1.165) is 0 Å². The zero-order chi connectivity index (χ0) is 14.7. The maximum absolute atomic E-state index is 13.8. The summed E-state index contributed by atoms with van der Waals surface area (Å²) in [6.45, 7) is 0.0811. The van der Waals surface area contributed by atoms with Crippen LogP contribution in [0.25, 0.3) is 0 Å². The molecule has 2 aromatic rings. The second-order valence-electron chi connectivity index (χ2n) is 3.96. The van der Waals surface area contributed by atoms with Crippen LogP contribution in [-0.4, -0.2) is 10.9 Å². The maximum atomic E-state index is 13.8. The van der Waals surface area contributed by atoms with E-state index in [4.69, 9.17) is 29.6 Å². The van der Waals surface area contributed by atoms with E-state index in [0.29, 0.717) is 20.3 Å². The predicted octanol–water partition coefficient (Wildman–Crippen LogP) is 3.10. The molecule has 2 rings (SSSR count). The smallest absolute Gasteiger partial charge is 0.261 e. The van der Waals surface area contributed by atoms with Crippen molar-refractivity contribution in [3.05, 3.63) is 56.5 Å². The highest BCUT2D eigenvalue weighted by atomic mass is 35.5. The number of thiophene rings is 1. The Hall–Kier alpha value is -1.50. The van der Waals surface area contributed by atoms with Gasteiger partial charge in [0.1, 0.15) is 10.8 Å². The molecule has 0 fully saturated rings. The first-order valence-electron chi connectivity index (χ1n) is 5.59. The van der Waals surface area contributed by atoms with E-state index in [-0.39, 0.29) is 17.4 Å². The second-order valence-corrected chi connectivity index (χ2v) is 6.11. The van der Waals surface area contributed by atoms with Crippen LogP contribution in [0.4, 0.5) is 4.39 Å². The Labute approximate surface area is 129 Å². The van der Waals surface area contributed by atoms with Gasteiger partial charge in [-0.05, 0) is 18.2 Å². The zero-order valence-corrected chi connectivity index (χ0v) is 12.5. The molecular formula is C13H10ClFN2OS2. The van der Waals surface area contributed by atoms with Crippen molar-refractivity contribution < 1.29 is 9.18 Å². The number of amides is 1. The monoisotopic (exact) mass is 328 g/mol. The van der Waals surface area contributed by atoms with Crippen molar-refractivity contribution in [2.24, 2.45) is 5.73 Å². The Bertz CT molecular complexity index is 672. The van der Waals surface area contributed by atoms with E-state index < -0.39 is 5.82 Å². The van der Waals surface area contributed by atoms with Crippen LogP contribution in [0.2, 0.25) is 4.34 Å². The molecule has 1 heterocycles. The highest BCUT2D eigenvalue weighted by Crippen LogP contribution is 2.21. The van der Waals surface area contributed by atoms with Crippen LogP contribution < -0.4 is 11.1 Å². The lowest BCUT2D eigenvalue weighted by atomic mass is 10.1. The Morgan fingerprint density at radius 2 is 2.15 bits per heavy atom. The van der Waals surface area contributed by atoms with E-state index in [1.54, 1.807) is 24.3 Å². The first-order chi connectivity index (χ1) is 9.47. The summed E-state index contributed by atoms with van der Waals surface area (Å²) in [7, 11) is 0. The second kappa shape index (κ2) is 6.30. The molecule has 1 aromatic carbocycles. The molecule has 0 unspecified atom stereocenters. The SMILES string of the molecule is NC(=S)c1ccc(CNC(=O)c2ccc(Cl)s2)c(F)c1. The van der Waals surface area contributed by atoms with Crippen LogP contribution in [-0.2, 0) is 6.54 Å². The summed E-state index contributed by atoms with van der Waals surface area (Å²) in [6.07, 6.45) is 0. The van der Waals surface area contributed by atoms with E-state index in [1.807, 2.05) is 0 Å².